The van der Waals surface area contributed by atoms with Crippen molar-refractivity contribution in [2.24, 2.45) is 0 Å². The number of aliphatic carboxylic acids is 1. The van der Waals surface area contributed by atoms with Crippen LogP contribution in [0.1, 0.15) is 40.0 Å². The van der Waals surface area contributed by atoms with Gasteiger partial charge in [0.05, 0.1) is 0 Å². The van der Waals surface area contributed by atoms with Gasteiger partial charge in [0.15, 0.2) is 0 Å². The van der Waals surface area contributed by atoms with E-state index in [4.69, 9.17) is 10.3 Å². The summed E-state index contributed by atoms with van der Waals surface area (Å²) in [6.45, 7) is 8.39. The largest absolute Gasteiger partial charge is 0.480 e. The Morgan fingerprint density at radius 3 is 2.19 bits per heavy atom. The van der Waals surface area contributed by atoms with Crippen molar-refractivity contribution in [1.82, 2.24) is 10.4 Å². The van der Waals surface area contributed by atoms with E-state index in [-0.39, 0.29) is 6.54 Å². The zero-order valence-electron chi connectivity index (χ0n) is 10.7. The zero-order chi connectivity index (χ0) is 12.8. The van der Waals surface area contributed by atoms with Crippen LogP contribution in [-0.4, -0.2) is 47.5 Å². The maximum atomic E-state index is 9.77. The fourth-order valence-electron chi connectivity index (χ4n) is 0.945. The fraction of sp³-hybridized carbons (Fsp3) is 0.909. The molecule has 0 fully saturated rings. The highest BCUT2D eigenvalue weighted by Gasteiger charge is 2.00. The number of carboxylic acid groups (broad SMARTS) is 1. The number of hydroxylamine groups is 2. The number of nitrogens with one attached hydrogen (secondary N) is 1. The molecule has 98 valence electrons. The van der Waals surface area contributed by atoms with E-state index in [0.29, 0.717) is 6.54 Å². The zero-order valence-corrected chi connectivity index (χ0v) is 10.7. The van der Waals surface area contributed by atoms with Crippen LogP contribution in [0.25, 0.3) is 0 Å². The molecule has 0 saturated carbocycles. The highest BCUT2D eigenvalue weighted by atomic mass is 16.5. The van der Waals surface area contributed by atoms with Crippen molar-refractivity contribution in [3.8, 4) is 0 Å². The first kappa shape index (κ1) is 17.7. The third-order valence-corrected chi connectivity index (χ3v) is 1.89. The average molecular weight is 234 g/mol. The Labute approximate surface area is 98.4 Å². The Bertz CT molecular complexity index is 148. The normalized spacial score (nSPS) is 9.81. The molecule has 0 aliphatic rings. The Morgan fingerprint density at radius 2 is 1.88 bits per heavy atom. The number of hydrogen-bond donors (Lipinski definition) is 3. The van der Waals surface area contributed by atoms with Crippen LogP contribution in [-0.2, 0) is 4.79 Å². The number of carboxylic acids is 1. The number of hydrogen-bond acceptors (Lipinski definition) is 4. The predicted octanol–water partition coefficient (Wildman–Crippen LogP) is 1.57. The summed E-state index contributed by atoms with van der Waals surface area (Å²) in [6, 6.07) is 0. The van der Waals surface area contributed by atoms with Crippen molar-refractivity contribution in [2.45, 2.75) is 40.0 Å². The monoisotopic (exact) mass is 234 g/mol. The van der Waals surface area contributed by atoms with Crippen LogP contribution >= 0.6 is 0 Å². The predicted molar refractivity (Wildman–Crippen MR) is 64.7 cm³/mol. The minimum Gasteiger partial charge on any atom is -0.480 e. The van der Waals surface area contributed by atoms with Crippen molar-refractivity contribution in [3.05, 3.63) is 0 Å². The number of likely N-dealkylation sites (N-methyl/N-ethyl adjacent to an activating group) is 1. The van der Waals surface area contributed by atoms with Crippen molar-refractivity contribution in [1.29, 1.82) is 0 Å². The minimum atomic E-state index is -1.02. The SMILES string of the molecule is CCCCCNCC.CCN(O)CC(=O)O. The number of unbranched alkanes of at least 4 members (excludes halogenated alkanes) is 2. The fourth-order valence-corrected chi connectivity index (χ4v) is 0.945. The van der Waals surface area contributed by atoms with E-state index in [1.807, 2.05) is 0 Å². The molecule has 0 aliphatic heterocycles. The van der Waals surface area contributed by atoms with Crippen LogP contribution in [0.3, 0.4) is 0 Å². The summed E-state index contributed by atoms with van der Waals surface area (Å²) in [5.41, 5.74) is 0. The Kier molecular flexibility index (Phi) is 15.9. The third kappa shape index (κ3) is 19.0. The summed E-state index contributed by atoms with van der Waals surface area (Å²) in [6.07, 6.45) is 4.03. The van der Waals surface area contributed by atoms with Crippen LogP contribution in [0, 0.1) is 0 Å². The maximum Gasteiger partial charge on any atom is 0.320 e. The molecule has 0 saturated heterocycles. The molecule has 5 heteroatoms. The molecule has 0 aromatic carbocycles. The van der Waals surface area contributed by atoms with Gasteiger partial charge in [0, 0.05) is 6.54 Å². The second-order valence-corrected chi connectivity index (χ2v) is 3.44. The Hall–Kier alpha value is -0.650. The van der Waals surface area contributed by atoms with Gasteiger partial charge in [-0.1, -0.05) is 33.6 Å². The van der Waals surface area contributed by atoms with Crippen molar-refractivity contribution in [2.75, 3.05) is 26.2 Å². The van der Waals surface area contributed by atoms with Crippen LogP contribution in [0.5, 0.6) is 0 Å². The van der Waals surface area contributed by atoms with E-state index in [0.717, 1.165) is 11.6 Å². The van der Waals surface area contributed by atoms with Crippen LogP contribution in [0.15, 0.2) is 0 Å². The Balaban J connectivity index is 0. The summed E-state index contributed by atoms with van der Waals surface area (Å²) < 4.78 is 0. The molecular weight excluding hydrogens is 208 g/mol. The number of rotatable bonds is 8. The van der Waals surface area contributed by atoms with Gasteiger partial charge in [-0.3, -0.25) is 4.79 Å². The molecule has 0 aromatic rings. The van der Waals surface area contributed by atoms with E-state index < -0.39 is 5.97 Å². The summed E-state index contributed by atoms with van der Waals surface area (Å²) in [4.78, 5) is 9.77. The van der Waals surface area contributed by atoms with Gasteiger partial charge in [-0.2, -0.15) is 5.06 Å². The smallest absolute Gasteiger partial charge is 0.320 e. The molecule has 0 spiro atoms. The van der Waals surface area contributed by atoms with E-state index >= 15 is 0 Å². The Morgan fingerprint density at radius 1 is 1.25 bits per heavy atom. The van der Waals surface area contributed by atoms with Gasteiger partial charge in [-0.15, -0.1) is 0 Å². The van der Waals surface area contributed by atoms with Crippen molar-refractivity contribution in [3.63, 3.8) is 0 Å². The lowest BCUT2D eigenvalue weighted by Crippen LogP contribution is -2.25. The molecule has 0 rings (SSSR count). The van der Waals surface area contributed by atoms with E-state index in [9.17, 15) is 4.79 Å². The molecule has 3 N–H and O–H groups in total. The lowest BCUT2D eigenvalue weighted by atomic mass is 10.2. The molecule has 0 amide bonds. The molecule has 0 aliphatic carbocycles. The highest BCUT2D eigenvalue weighted by Crippen LogP contribution is 1.90. The summed E-state index contributed by atoms with van der Waals surface area (Å²) in [7, 11) is 0. The molecule has 0 bridgehead atoms. The van der Waals surface area contributed by atoms with Crippen molar-refractivity contribution < 1.29 is 15.1 Å². The van der Waals surface area contributed by atoms with Gasteiger partial charge in [-0.05, 0) is 19.5 Å². The molecule has 0 heterocycles. The van der Waals surface area contributed by atoms with Gasteiger partial charge >= 0.3 is 5.97 Å². The summed E-state index contributed by atoms with van der Waals surface area (Å²) in [5, 5.41) is 20.5. The quantitative estimate of drug-likeness (QED) is 0.439. The van der Waals surface area contributed by atoms with E-state index in [1.165, 1.54) is 25.8 Å². The van der Waals surface area contributed by atoms with Crippen LogP contribution in [0.4, 0.5) is 0 Å². The van der Waals surface area contributed by atoms with Gasteiger partial charge in [0.1, 0.15) is 6.54 Å². The average Bonchev–Trinajstić information content (AvgIpc) is 2.24. The standard InChI is InChI=1S/C7H17N.C4H9NO3/c1-3-5-6-7-8-4-2;1-2-5(8)3-4(6)7/h8H,3-7H2,1-2H3;8H,2-3H2,1H3,(H,6,7). The molecule has 0 atom stereocenters. The minimum absolute atomic E-state index is 0.309. The molecule has 0 unspecified atom stereocenters. The van der Waals surface area contributed by atoms with E-state index in [1.54, 1.807) is 6.92 Å². The molecular formula is C11H26N2O3. The maximum absolute atomic E-state index is 9.77. The first-order valence-corrected chi connectivity index (χ1v) is 5.94. The summed E-state index contributed by atoms with van der Waals surface area (Å²) in [5.74, 6) is -1.02. The number of carbonyl (C=O) groups is 1. The molecule has 0 aromatic heterocycles. The molecule has 5 nitrogen and oxygen atoms in total. The molecule has 16 heavy (non-hydrogen) atoms. The van der Waals surface area contributed by atoms with Gasteiger partial charge in [-0.25, -0.2) is 0 Å². The topological polar surface area (TPSA) is 72.8 Å². The third-order valence-electron chi connectivity index (χ3n) is 1.89. The first-order chi connectivity index (χ1) is 7.58. The van der Waals surface area contributed by atoms with Gasteiger partial charge < -0.3 is 15.6 Å². The van der Waals surface area contributed by atoms with Gasteiger partial charge in [0.25, 0.3) is 0 Å². The highest BCUT2D eigenvalue weighted by molar-refractivity contribution is 5.68. The van der Waals surface area contributed by atoms with E-state index in [2.05, 4.69) is 19.2 Å². The second-order valence-electron chi connectivity index (χ2n) is 3.44. The van der Waals surface area contributed by atoms with Crippen molar-refractivity contribution >= 4 is 5.97 Å². The first-order valence-electron chi connectivity index (χ1n) is 5.94. The molecule has 0 radical (unpaired) electrons. The van der Waals surface area contributed by atoms with Crippen LogP contribution in [0.2, 0.25) is 0 Å². The lowest BCUT2D eigenvalue weighted by molar-refractivity contribution is -0.152. The summed E-state index contributed by atoms with van der Waals surface area (Å²) >= 11 is 0. The van der Waals surface area contributed by atoms with Crippen LogP contribution < -0.4 is 5.32 Å². The number of nitrogens with zero attached hydrogens (tertiary/aromatic N) is 1. The lowest BCUT2D eigenvalue weighted by Gasteiger charge is -2.06. The van der Waals surface area contributed by atoms with Gasteiger partial charge in [0.2, 0.25) is 0 Å². The second kappa shape index (κ2) is 14.3.